The second kappa shape index (κ2) is 8.49. The zero-order valence-electron chi connectivity index (χ0n) is 16.2. The molecule has 3 heterocycles. The van der Waals surface area contributed by atoms with Crippen molar-refractivity contribution in [1.82, 2.24) is 24.7 Å². The number of hydrogen-bond donors (Lipinski definition) is 1. The van der Waals surface area contributed by atoms with Gasteiger partial charge in [-0.05, 0) is 42.5 Å². The number of fused-ring (bicyclic) bond motifs is 1. The summed E-state index contributed by atoms with van der Waals surface area (Å²) in [5.74, 6) is 0.969. The SMILES string of the molecule is O=C(CSc1nnc(-c2cccnc2)n1-c1ccc(Br)cc1)c1c[nH]c2ccccc12. The van der Waals surface area contributed by atoms with Crippen molar-refractivity contribution < 1.29 is 4.79 Å². The number of para-hydroxylation sites is 1. The summed E-state index contributed by atoms with van der Waals surface area (Å²) in [7, 11) is 0. The van der Waals surface area contributed by atoms with Gasteiger partial charge in [0.15, 0.2) is 16.8 Å². The molecule has 0 fully saturated rings. The second-order valence-electron chi connectivity index (χ2n) is 6.82. The number of halogens is 1. The van der Waals surface area contributed by atoms with E-state index in [9.17, 15) is 4.79 Å². The van der Waals surface area contributed by atoms with Gasteiger partial charge in [-0.15, -0.1) is 10.2 Å². The maximum Gasteiger partial charge on any atom is 0.196 e. The average Bonchev–Trinajstić information content (AvgIpc) is 3.43. The number of Topliss-reactive ketones (excluding diaryl/α,β-unsaturated/α-hetero) is 1. The van der Waals surface area contributed by atoms with Gasteiger partial charge in [0.05, 0.1) is 5.75 Å². The molecule has 31 heavy (non-hydrogen) atoms. The molecule has 8 heteroatoms. The Balaban J connectivity index is 1.48. The van der Waals surface area contributed by atoms with E-state index in [2.05, 4.69) is 36.1 Å². The summed E-state index contributed by atoms with van der Waals surface area (Å²) in [6.45, 7) is 0. The van der Waals surface area contributed by atoms with Gasteiger partial charge in [-0.25, -0.2) is 0 Å². The van der Waals surface area contributed by atoms with Crippen molar-refractivity contribution in [3.63, 3.8) is 0 Å². The standard InChI is InChI=1S/C23H16BrN5OS/c24-16-7-9-17(10-8-16)29-22(15-4-3-11-25-12-15)27-28-23(29)31-14-21(30)19-13-26-20-6-2-1-5-18(19)20/h1-13,26H,14H2. The predicted octanol–water partition coefficient (Wildman–Crippen LogP) is 5.55. The highest BCUT2D eigenvalue weighted by atomic mass is 79.9. The molecule has 0 saturated heterocycles. The van der Waals surface area contributed by atoms with Gasteiger partial charge < -0.3 is 4.98 Å². The highest BCUT2D eigenvalue weighted by Crippen LogP contribution is 2.29. The van der Waals surface area contributed by atoms with Crippen LogP contribution in [-0.4, -0.2) is 36.3 Å². The van der Waals surface area contributed by atoms with Crippen molar-refractivity contribution in [3.05, 3.63) is 89.3 Å². The number of nitrogens with one attached hydrogen (secondary N) is 1. The number of hydrogen-bond acceptors (Lipinski definition) is 5. The third kappa shape index (κ3) is 3.92. The lowest BCUT2D eigenvalue weighted by molar-refractivity contribution is 0.102. The molecule has 0 aliphatic rings. The van der Waals surface area contributed by atoms with Crippen LogP contribution in [0, 0.1) is 0 Å². The minimum Gasteiger partial charge on any atom is -0.360 e. The molecule has 0 aliphatic heterocycles. The smallest absolute Gasteiger partial charge is 0.196 e. The number of carbonyl (C=O) groups is 1. The van der Waals surface area contributed by atoms with Crippen LogP contribution in [0.15, 0.2) is 88.9 Å². The maximum atomic E-state index is 12.9. The second-order valence-corrected chi connectivity index (χ2v) is 8.68. The molecule has 0 spiro atoms. The van der Waals surface area contributed by atoms with Crippen LogP contribution in [0.3, 0.4) is 0 Å². The minimum absolute atomic E-state index is 0.0377. The molecule has 0 atom stereocenters. The van der Waals surface area contributed by atoms with Crippen LogP contribution in [0.25, 0.3) is 28.0 Å². The molecule has 5 aromatic rings. The molecule has 3 aromatic heterocycles. The first kappa shape index (κ1) is 19.7. The molecule has 0 saturated carbocycles. The van der Waals surface area contributed by atoms with Crippen LogP contribution in [0.1, 0.15) is 10.4 Å². The van der Waals surface area contributed by atoms with Crippen LogP contribution in [0.2, 0.25) is 0 Å². The van der Waals surface area contributed by atoms with E-state index in [-0.39, 0.29) is 11.5 Å². The summed E-state index contributed by atoms with van der Waals surface area (Å²) in [5.41, 5.74) is 3.40. The number of pyridine rings is 1. The van der Waals surface area contributed by atoms with E-state index in [1.807, 2.05) is 65.2 Å². The fourth-order valence-corrected chi connectivity index (χ4v) is 4.48. The molecule has 0 amide bonds. The first-order chi connectivity index (χ1) is 15.2. The van der Waals surface area contributed by atoms with Crippen LogP contribution < -0.4 is 0 Å². The summed E-state index contributed by atoms with van der Waals surface area (Å²) in [4.78, 5) is 20.3. The van der Waals surface area contributed by atoms with Gasteiger partial charge in [0, 0.05) is 50.8 Å². The van der Waals surface area contributed by atoms with Crippen molar-refractivity contribution >= 4 is 44.4 Å². The maximum absolute atomic E-state index is 12.9. The van der Waals surface area contributed by atoms with Gasteiger partial charge in [-0.3, -0.25) is 14.3 Å². The van der Waals surface area contributed by atoms with E-state index in [1.54, 1.807) is 18.6 Å². The largest absolute Gasteiger partial charge is 0.360 e. The Bertz CT molecular complexity index is 1360. The number of ketones is 1. The van der Waals surface area contributed by atoms with Crippen LogP contribution in [0.5, 0.6) is 0 Å². The molecule has 1 N–H and O–H groups in total. The molecular weight excluding hydrogens is 474 g/mol. The molecule has 5 rings (SSSR count). The van der Waals surface area contributed by atoms with E-state index in [1.165, 1.54) is 11.8 Å². The van der Waals surface area contributed by atoms with E-state index in [4.69, 9.17) is 0 Å². The zero-order chi connectivity index (χ0) is 21.2. The molecule has 2 aromatic carbocycles. The van der Waals surface area contributed by atoms with Gasteiger partial charge in [0.1, 0.15) is 0 Å². The van der Waals surface area contributed by atoms with Crippen LogP contribution in [0.4, 0.5) is 0 Å². The number of aromatic amines is 1. The topological polar surface area (TPSA) is 76.5 Å². The highest BCUT2D eigenvalue weighted by molar-refractivity contribution is 9.10. The number of rotatable bonds is 6. The minimum atomic E-state index is 0.0377. The first-order valence-corrected chi connectivity index (χ1v) is 11.3. The van der Waals surface area contributed by atoms with Crippen molar-refractivity contribution in [2.24, 2.45) is 0 Å². The summed E-state index contributed by atoms with van der Waals surface area (Å²) in [6, 6.07) is 19.5. The number of nitrogens with zero attached hydrogens (tertiary/aromatic N) is 4. The van der Waals surface area contributed by atoms with Crippen LogP contribution in [-0.2, 0) is 0 Å². The van der Waals surface area contributed by atoms with Gasteiger partial charge in [0.25, 0.3) is 0 Å². The fourth-order valence-electron chi connectivity index (χ4n) is 3.38. The third-order valence-corrected chi connectivity index (χ3v) is 6.32. The Morgan fingerprint density at radius 2 is 1.87 bits per heavy atom. The van der Waals surface area contributed by atoms with E-state index in [0.717, 1.165) is 26.6 Å². The number of carbonyl (C=O) groups excluding carboxylic acids is 1. The lowest BCUT2D eigenvalue weighted by atomic mass is 10.1. The Morgan fingerprint density at radius 3 is 2.68 bits per heavy atom. The third-order valence-electron chi connectivity index (χ3n) is 4.86. The summed E-state index contributed by atoms with van der Waals surface area (Å²) in [5, 5.41) is 10.4. The number of benzene rings is 2. The van der Waals surface area contributed by atoms with Gasteiger partial charge in [-0.1, -0.05) is 45.9 Å². The van der Waals surface area contributed by atoms with E-state index < -0.39 is 0 Å². The number of H-pyrrole nitrogens is 1. The molecule has 6 nitrogen and oxygen atoms in total. The first-order valence-electron chi connectivity index (χ1n) is 9.54. The zero-order valence-corrected chi connectivity index (χ0v) is 18.6. The summed E-state index contributed by atoms with van der Waals surface area (Å²) < 4.78 is 2.94. The number of thioether (sulfide) groups is 1. The summed E-state index contributed by atoms with van der Waals surface area (Å²) in [6.07, 6.45) is 5.25. The Morgan fingerprint density at radius 1 is 1.03 bits per heavy atom. The Hall–Kier alpha value is -3.23. The molecular formula is C23H16BrN5OS. The lowest BCUT2D eigenvalue weighted by Crippen LogP contribution is -2.04. The van der Waals surface area contributed by atoms with Gasteiger partial charge >= 0.3 is 0 Å². The molecule has 0 unspecified atom stereocenters. The van der Waals surface area contributed by atoms with Gasteiger partial charge in [-0.2, -0.15) is 0 Å². The highest BCUT2D eigenvalue weighted by Gasteiger charge is 2.19. The Labute approximate surface area is 190 Å². The molecule has 152 valence electrons. The normalized spacial score (nSPS) is 11.1. The summed E-state index contributed by atoms with van der Waals surface area (Å²) >= 11 is 4.85. The predicted molar refractivity (Wildman–Crippen MR) is 126 cm³/mol. The van der Waals surface area contributed by atoms with Crippen molar-refractivity contribution in [1.29, 1.82) is 0 Å². The van der Waals surface area contributed by atoms with Crippen molar-refractivity contribution in [2.75, 3.05) is 5.75 Å². The monoisotopic (exact) mass is 489 g/mol. The van der Waals surface area contributed by atoms with E-state index in [0.29, 0.717) is 16.5 Å². The van der Waals surface area contributed by atoms with Crippen LogP contribution >= 0.6 is 27.7 Å². The van der Waals surface area contributed by atoms with Crippen molar-refractivity contribution in [3.8, 4) is 17.1 Å². The average molecular weight is 490 g/mol. The molecule has 0 aliphatic carbocycles. The lowest BCUT2D eigenvalue weighted by Gasteiger charge is -2.10. The quantitative estimate of drug-likeness (QED) is 0.250. The fraction of sp³-hybridized carbons (Fsp3) is 0.0435. The Kier molecular flexibility index (Phi) is 5.40. The van der Waals surface area contributed by atoms with E-state index >= 15 is 0 Å². The van der Waals surface area contributed by atoms with Crippen molar-refractivity contribution in [2.45, 2.75) is 5.16 Å². The van der Waals surface area contributed by atoms with Gasteiger partial charge in [0.2, 0.25) is 0 Å². The number of aromatic nitrogens is 5. The molecule has 0 bridgehead atoms. The molecule has 0 radical (unpaired) electrons.